The van der Waals surface area contributed by atoms with E-state index >= 15 is 0 Å². The molecule has 0 saturated heterocycles. The van der Waals surface area contributed by atoms with Crippen molar-refractivity contribution in [3.05, 3.63) is 76.0 Å². The number of nitrogens with zero attached hydrogens (tertiary/aromatic N) is 2. The van der Waals surface area contributed by atoms with Crippen LogP contribution in [0.2, 0.25) is 0 Å². The zero-order valence-electron chi connectivity index (χ0n) is 13.9. The Morgan fingerprint density at radius 3 is 2.73 bits per heavy atom. The van der Waals surface area contributed by atoms with Gasteiger partial charge in [-0.3, -0.25) is 20.0 Å². The van der Waals surface area contributed by atoms with Crippen LogP contribution in [0.1, 0.15) is 15.9 Å². The first kappa shape index (κ1) is 17.2. The average molecular weight is 352 g/mol. The van der Waals surface area contributed by atoms with Gasteiger partial charge in [0, 0.05) is 24.2 Å². The minimum Gasteiger partial charge on any atom is -0.497 e. The molecule has 0 atom stereocenters. The molecular formula is C18H16N4O4. The predicted molar refractivity (Wildman–Crippen MR) is 94.8 cm³/mol. The third-order valence-electron chi connectivity index (χ3n) is 3.84. The Labute approximate surface area is 149 Å². The van der Waals surface area contributed by atoms with Gasteiger partial charge < -0.3 is 10.1 Å². The molecule has 0 aliphatic carbocycles. The smallest absolute Gasteiger partial charge is 0.269 e. The summed E-state index contributed by atoms with van der Waals surface area (Å²) in [5.74, 6) is 0.418. The fourth-order valence-electron chi connectivity index (χ4n) is 2.49. The fraction of sp³-hybridized carbons (Fsp3) is 0.111. The molecule has 132 valence electrons. The van der Waals surface area contributed by atoms with Crippen molar-refractivity contribution >= 4 is 11.6 Å². The number of non-ortho nitro benzene ring substituents is 1. The Morgan fingerprint density at radius 1 is 1.27 bits per heavy atom. The van der Waals surface area contributed by atoms with E-state index in [0.29, 0.717) is 29.1 Å². The van der Waals surface area contributed by atoms with Crippen LogP contribution in [0.3, 0.4) is 0 Å². The van der Waals surface area contributed by atoms with Gasteiger partial charge in [-0.05, 0) is 29.8 Å². The van der Waals surface area contributed by atoms with Crippen molar-refractivity contribution in [3.8, 4) is 17.0 Å². The number of hydrogen-bond acceptors (Lipinski definition) is 5. The van der Waals surface area contributed by atoms with Gasteiger partial charge in [-0.15, -0.1) is 0 Å². The summed E-state index contributed by atoms with van der Waals surface area (Å²) in [6.45, 7) is 0.334. The first-order valence-corrected chi connectivity index (χ1v) is 7.78. The number of benzene rings is 2. The van der Waals surface area contributed by atoms with Crippen molar-refractivity contribution in [1.82, 2.24) is 15.5 Å². The molecule has 0 fully saturated rings. The zero-order valence-corrected chi connectivity index (χ0v) is 13.9. The minimum absolute atomic E-state index is 0.0164. The first-order chi connectivity index (χ1) is 12.6. The Hall–Kier alpha value is -3.68. The molecule has 1 heterocycles. The van der Waals surface area contributed by atoms with Crippen molar-refractivity contribution in [2.24, 2.45) is 0 Å². The molecule has 2 aromatic carbocycles. The van der Waals surface area contributed by atoms with Crippen LogP contribution >= 0.6 is 0 Å². The van der Waals surface area contributed by atoms with Crippen LogP contribution in [0.25, 0.3) is 11.3 Å². The maximum Gasteiger partial charge on any atom is 0.269 e. The van der Waals surface area contributed by atoms with Gasteiger partial charge in [0.1, 0.15) is 5.75 Å². The summed E-state index contributed by atoms with van der Waals surface area (Å²) in [6.07, 6.45) is 1.43. The monoisotopic (exact) mass is 352 g/mol. The highest BCUT2D eigenvalue weighted by atomic mass is 16.6. The molecular weight excluding hydrogens is 336 g/mol. The summed E-state index contributed by atoms with van der Waals surface area (Å²) in [5.41, 5.74) is 2.39. The third-order valence-corrected chi connectivity index (χ3v) is 3.84. The zero-order chi connectivity index (χ0) is 18.5. The number of carbonyl (C=O) groups excluding carboxylic acids is 1. The number of ether oxygens (including phenoxy) is 1. The molecule has 2 N–H and O–H groups in total. The van der Waals surface area contributed by atoms with Crippen LogP contribution < -0.4 is 10.1 Å². The van der Waals surface area contributed by atoms with E-state index in [-0.39, 0.29) is 11.6 Å². The molecule has 0 spiro atoms. The van der Waals surface area contributed by atoms with Crippen molar-refractivity contribution in [1.29, 1.82) is 0 Å². The largest absolute Gasteiger partial charge is 0.497 e. The number of nitro groups is 1. The van der Waals surface area contributed by atoms with Gasteiger partial charge in [0.15, 0.2) is 0 Å². The van der Waals surface area contributed by atoms with Gasteiger partial charge >= 0.3 is 0 Å². The number of amides is 1. The predicted octanol–water partition coefficient (Wildman–Crippen LogP) is 2.92. The number of nitro benzene ring substituents is 1. The van der Waals surface area contributed by atoms with Gasteiger partial charge in [-0.1, -0.05) is 12.1 Å². The Morgan fingerprint density at radius 2 is 2.04 bits per heavy atom. The standard InChI is InChI=1S/C18H16N4O4/c1-26-15-4-2-3-12(9-15)10-19-18(23)16-11-20-21-17(16)13-5-7-14(8-6-13)22(24)25/h2-9,11H,10H2,1H3,(H,19,23)(H,20,21). The molecule has 3 aromatic rings. The summed E-state index contributed by atoms with van der Waals surface area (Å²) in [6, 6.07) is 13.3. The number of methoxy groups -OCH3 is 1. The summed E-state index contributed by atoms with van der Waals surface area (Å²) >= 11 is 0. The highest BCUT2D eigenvalue weighted by molar-refractivity contribution is 5.99. The van der Waals surface area contributed by atoms with E-state index in [4.69, 9.17) is 4.74 Å². The van der Waals surface area contributed by atoms with Crippen LogP contribution in [-0.2, 0) is 6.54 Å². The maximum absolute atomic E-state index is 12.5. The van der Waals surface area contributed by atoms with Crippen LogP contribution in [-0.4, -0.2) is 28.1 Å². The summed E-state index contributed by atoms with van der Waals surface area (Å²) in [7, 11) is 1.58. The SMILES string of the molecule is COc1cccc(CNC(=O)c2cn[nH]c2-c2ccc([N+](=O)[O-])cc2)c1. The molecule has 8 nitrogen and oxygen atoms in total. The molecule has 0 saturated carbocycles. The van der Waals surface area contributed by atoms with E-state index < -0.39 is 4.92 Å². The summed E-state index contributed by atoms with van der Waals surface area (Å²) < 4.78 is 5.16. The third kappa shape index (κ3) is 3.69. The second-order valence-corrected chi connectivity index (χ2v) is 5.50. The quantitative estimate of drug-likeness (QED) is 0.523. The number of carbonyl (C=O) groups is 1. The number of rotatable bonds is 6. The van der Waals surface area contributed by atoms with Crippen LogP contribution in [0, 0.1) is 10.1 Å². The molecule has 0 aliphatic heterocycles. The van der Waals surface area contributed by atoms with Gasteiger partial charge in [-0.25, -0.2) is 0 Å². The second kappa shape index (κ2) is 7.47. The van der Waals surface area contributed by atoms with E-state index in [1.54, 1.807) is 19.2 Å². The second-order valence-electron chi connectivity index (χ2n) is 5.50. The van der Waals surface area contributed by atoms with Gasteiger partial charge in [0.05, 0.1) is 29.5 Å². The lowest BCUT2D eigenvalue weighted by Crippen LogP contribution is -2.23. The lowest BCUT2D eigenvalue weighted by atomic mass is 10.1. The Bertz CT molecular complexity index is 934. The molecule has 8 heteroatoms. The topological polar surface area (TPSA) is 110 Å². The maximum atomic E-state index is 12.5. The minimum atomic E-state index is -0.474. The van der Waals surface area contributed by atoms with Crippen molar-refractivity contribution < 1.29 is 14.5 Å². The van der Waals surface area contributed by atoms with Gasteiger partial charge in [-0.2, -0.15) is 5.10 Å². The number of aromatic amines is 1. The summed E-state index contributed by atoms with van der Waals surface area (Å²) in [4.78, 5) is 22.8. The van der Waals surface area contributed by atoms with Crippen molar-refractivity contribution in [3.63, 3.8) is 0 Å². The number of nitrogens with one attached hydrogen (secondary N) is 2. The van der Waals surface area contributed by atoms with E-state index in [1.165, 1.54) is 18.3 Å². The molecule has 26 heavy (non-hydrogen) atoms. The molecule has 0 bridgehead atoms. The van der Waals surface area contributed by atoms with Gasteiger partial charge in [0.25, 0.3) is 11.6 Å². The summed E-state index contributed by atoms with van der Waals surface area (Å²) in [5, 5.41) is 20.3. The van der Waals surface area contributed by atoms with Crippen LogP contribution in [0.5, 0.6) is 5.75 Å². The Kier molecular flexibility index (Phi) is 4.93. The van der Waals surface area contributed by atoms with Crippen LogP contribution in [0.15, 0.2) is 54.7 Å². The van der Waals surface area contributed by atoms with Crippen molar-refractivity contribution in [2.75, 3.05) is 7.11 Å². The van der Waals surface area contributed by atoms with E-state index in [0.717, 1.165) is 5.56 Å². The highest BCUT2D eigenvalue weighted by Crippen LogP contribution is 2.23. The molecule has 0 unspecified atom stereocenters. The van der Waals surface area contributed by atoms with Crippen molar-refractivity contribution in [2.45, 2.75) is 6.54 Å². The molecule has 1 amide bonds. The Balaban J connectivity index is 1.74. The molecule has 0 radical (unpaired) electrons. The average Bonchev–Trinajstić information content (AvgIpc) is 3.16. The lowest BCUT2D eigenvalue weighted by Gasteiger charge is -2.07. The van der Waals surface area contributed by atoms with E-state index in [1.807, 2.05) is 24.3 Å². The highest BCUT2D eigenvalue weighted by Gasteiger charge is 2.16. The number of H-pyrrole nitrogens is 1. The van der Waals surface area contributed by atoms with Gasteiger partial charge in [0.2, 0.25) is 0 Å². The molecule has 0 aliphatic rings. The number of aromatic nitrogens is 2. The normalized spacial score (nSPS) is 10.3. The molecule has 3 rings (SSSR count). The fourth-order valence-corrected chi connectivity index (χ4v) is 2.49. The lowest BCUT2D eigenvalue weighted by molar-refractivity contribution is -0.384. The number of hydrogen-bond donors (Lipinski definition) is 2. The van der Waals surface area contributed by atoms with Crippen LogP contribution in [0.4, 0.5) is 5.69 Å². The first-order valence-electron chi connectivity index (χ1n) is 7.78. The van der Waals surface area contributed by atoms with E-state index in [9.17, 15) is 14.9 Å². The molecule has 1 aromatic heterocycles. The van der Waals surface area contributed by atoms with E-state index in [2.05, 4.69) is 15.5 Å².